The lowest BCUT2D eigenvalue weighted by Gasteiger charge is -2.17. The summed E-state index contributed by atoms with van der Waals surface area (Å²) in [5, 5.41) is 2.13. The number of aryl methyl sites for hydroxylation is 2. The maximum absolute atomic E-state index is 13.9. The lowest BCUT2D eigenvalue weighted by molar-refractivity contribution is -0.127. The molecule has 0 spiro atoms. The second-order valence-electron chi connectivity index (χ2n) is 6.69. The maximum Gasteiger partial charge on any atom is 0.332 e. The van der Waals surface area contributed by atoms with Gasteiger partial charge in [-0.2, -0.15) is 0 Å². The van der Waals surface area contributed by atoms with E-state index in [0.717, 1.165) is 16.2 Å². The van der Waals surface area contributed by atoms with E-state index < -0.39 is 47.1 Å². The highest BCUT2D eigenvalue weighted by Gasteiger charge is 2.22. The smallest absolute Gasteiger partial charge is 0.315 e. The molecule has 0 aliphatic rings. The van der Waals surface area contributed by atoms with Gasteiger partial charge in [-0.05, 0) is 18.6 Å². The fraction of sp³-hybridized carbons (Fsp3) is 0.278. The summed E-state index contributed by atoms with van der Waals surface area (Å²) in [7, 11) is 3.86. The van der Waals surface area contributed by atoms with Crippen LogP contribution < -0.4 is 16.6 Å². The molecule has 0 atom stereocenters. The summed E-state index contributed by atoms with van der Waals surface area (Å²) in [5.41, 5.74) is -1.48. The number of amides is 3. The van der Waals surface area contributed by atoms with Crippen LogP contribution in [0.3, 0.4) is 0 Å². The minimum atomic E-state index is -1.24. The predicted molar refractivity (Wildman–Crippen MR) is 103 cm³/mol. The van der Waals surface area contributed by atoms with E-state index in [9.17, 15) is 28.0 Å². The van der Waals surface area contributed by atoms with Gasteiger partial charge in [0.1, 0.15) is 6.54 Å². The van der Waals surface area contributed by atoms with Crippen LogP contribution in [0.4, 0.5) is 19.3 Å². The van der Waals surface area contributed by atoms with E-state index in [1.807, 2.05) is 0 Å². The van der Waals surface area contributed by atoms with Gasteiger partial charge in [-0.3, -0.25) is 23.6 Å². The van der Waals surface area contributed by atoms with Gasteiger partial charge in [-0.1, -0.05) is 6.07 Å². The van der Waals surface area contributed by atoms with Crippen LogP contribution in [0.5, 0.6) is 0 Å². The third-order valence-electron chi connectivity index (χ3n) is 4.72. The fourth-order valence-electron chi connectivity index (χ4n) is 2.82. The number of nitrogens with one attached hydrogen (secondary N) is 1. The number of urea groups is 1. The molecule has 0 fully saturated rings. The highest BCUT2D eigenvalue weighted by atomic mass is 19.2. The Balaban J connectivity index is 1.84. The third-order valence-corrected chi connectivity index (χ3v) is 4.72. The van der Waals surface area contributed by atoms with Crippen LogP contribution in [0, 0.1) is 18.6 Å². The summed E-state index contributed by atoms with van der Waals surface area (Å²) >= 11 is 0. The first-order valence-corrected chi connectivity index (χ1v) is 8.67. The number of nitrogens with zero attached hydrogens (tertiary/aromatic N) is 5. The third kappa shape index (κ3) is 3.36. The first kappa shape index (κ1) is 20.9. The van der Waals surface area contributed by atoms with Gasteiger partial charge in [0, 0.05) is 21.1 Å². The summed E-state index contributed by atoms with van der Waals surface area (Å²) < 4.78 is 30.8. The van der Waals surface area contributed by atoms with E-state index in [-0.39, 0.29) is 16.7 Å². The Bertz CT molecular complexity index is 1310. The normalized spacial score (nSPS) is 11.0. The van der Waals surface area contributed by atoms with Crippen LogP contribution in [0.2, 0.25) is 0 Å². The molecule has 0 saturated carbocycles. The number of likely N-dealkylation sites (N-methyl/N-ethyl adjacent to an activating group) is 1. The number of imidazole rings is 1. The zero-order valence-electron chi connectivity index (χ0n) is 16.6. The molecule has 0 radical (unpaired) electrons. The van der Waals surface area contributed by atoms with Crippen molar-refractivity contribution in [2.75, 3.05) is 12.4 Å². The van der Waals surface area contributed by atoms with Crippen molar-refractivity contribution in [3.63, 3.8) is 0 Å². The standard InChI is InChI=1S/C18H18F2N6O4/c1-9-5-6-10(13(20)12(9)19)22-17(29)23(2)11(27)7-26-8-21-15-14(26)16(28)25(4)18(30)24(15)3/h5-6,8H,7H2,1-4H3,(H,22,29). The first-order valence-electron chi connectivity index (χ1n) is 8.67. The van der Waals surface area contributed by atoms with Crippen LogP contribution in [0.25, 0.3) is 11.2 Å². The van der Waals surface area contributed by atoms with Crippen molar-refractivity contribution in [1.29, 1.82) is 0 Å². The first-order chi connectivity index (χ1) is 14.0. The van der Waals surface area contributed by atoms with Gasteiger partial charge in [-0.15, -0.1) is 0 Å². The molecular weight excluding hydrogens is 402 g/mol. The van der Waals surface area contributed by atoms with Gasteiger partial charge in [0.25, 0.3) is 5.56 Å². The second kappa shape index (κ2) is 7.54. The van der Waals surface area contributed by atoms with Gasteiger partial charge in [0.05, 0.1) is 12.0 Å². The van der Waals surface area contributed by atoms with Gasteiger partial charge < -0.3 is 9.88 Å². The monoisotopic (exact) mass is 420 g/mol. The Labute approximate surface area is 168 Å². The van der Waals surface area contributed by atoms with E-state index in [2.05, 4.69) is 10.3 Å². The number of fused-ring (bicyclic) bond motifs is 1. The number of carbonyl (C=O) groups is 2. The number of carbonyl (C=O) groups excluding carboxylic acids is 2. The molecule has 1 N–H and O–H groups in total. The van der Waals surface area contributed by atoms with Gasteiger partial charge in [-0.25, -0.2) is 23.4 Å². The van der Waals surface area contributed by atoms with E-state index in [0.29, 0.717) is 4.90 Å². The van der Waals surface area contributed by atoms with Crippen LogP contribution in [-0.4, -0.2) is 42.6 Å². The van der Waals surface area contributed by atoms with Crippen molar-refractivity contribution in [3.8, 4) is 0 Å². The molecule has 12 heteroatoms. The van der Waals surface area contributed by atoms with Crippen LogP contribution in [0.1, 0.15) is 5.56 Å². The summed E-state index contributed by atoms with van der Waals surface area (Å²) in [6.45, 7) is 0.924. The number of rotatable bonds is 3. The van der Waals surface area contributed by atoms with Crippen molar-refractivity contribution >= 4 is 28.8 Å². The maximum atomic E-state index is 13.9. The van der Waals surface area contributed by atoms with Crippen molar-refractivity contribution in [2.24, 2.45) is 14.1 Å². The Morgan fingerprint density at radius 1 is 1.13 bits per heavy atom. The van der Waals surface area contributed by atoms with E-state index in [4.69, 9.17) is 0 Å². The van der Waals surface area contributed by atoms with Crippen molar-refractivity contribution in [1.82, 2.24) is 23.6 Å². The Morgan fingerprint density at radius 2 is 1.80 bits per heavy atom. The predicted octanol–water partition coefficient (Wildman–Crippen LogP) is 0.711. The van der Waals surface area contributed by atoms with Gasteiger partial charge >= 0.3 is 11.7 Å². The number of aromatic nitrogens is 4. The minimum absolute atomic E-state index is 0.00779. The molecule has 0 unspecified atom stereocenters. The molecule has 3 amide bonds. The summed E-state index contributed by atoms with van der Waals surface area (Å²) in [5.74, 6) is -3.10. The highest BCUT2D eigenvalue weighted by molar-refractivity contribution is 6.01. The SMILES string of the molecule is Cc1ccc(NC(=O)N(C)C(=O)Cn2cnc3c2c(=O)n(C)c(=O)n3C)c(F)c1F. The molecule has 0 aliphatic heterocycles. The Hall–Kier alpha value is -3.83. The van der Waals surface area contributed by atoms with E-state index >= 15 is 0 Å². The Morgan fingerprint density at radius 3 is 2.47 bits per heavy atom. The lowest BCUT2D eigenvalue weighted by Crippen LogP contribution is -2.40. The summed E-state index contributed by atoms with van der Waals surface area (Å²) in [6.07, 6.45) is 1.20. The summed E-state index contributed by atoms with van der Waals surface area (Å²) in [4.78, 5) is 53.8. The number of hydrogen-bond acceptors (Lipinski definition) is 5. The molecule has 2 heterocycles. The summed E-state index contributed by atoms with van der Waals surface area (Å²) in [6, 6.07) is 1.47. The number of benzene rings is 1. The number of halogens is 2. The average molecular weight is 420 g/mol. The fourth-order valence-corrected chi connectivity index (χ4v) is 2.82. The van der Waals surface area contributed by atoms with Crippen molar-refractivity contribution in [3.05, 3.63) is 56.5 Å². The zero-order valence-corrected chi connectivity index (χ0v) is 16.6. The van der Waals surface area contributed by atoms with Crippen molar-refractivity contribution in [2.45, 2.75) is 13.5 Å². The van der Waals surface area contributed by atoms with Gasteiger partial charge in [0.15, 0.2) is 22.8 Å². The van der Waals surface area contributed by atoms with Crippen LogP contribution >= 0.6 is 0 Å². The molecule has 2 aromatic heterocycles. The minimum Gasteiger partial charge on any atom is -0.315 e. The van der Waals surface area contributed by atoms with Crippen LogP contribution in [-0.2, 0) is 25.4 Å². The molecule has 30 heavy (non-hydrogen) atoms. The quantitative estimate of drug-likeness (QED) is 0.671. The molecule has 158 valence electrons. The molecule has 10 nitrogen and oxygen atoms in total. The molecule has 0 saturated heterocycles. The number of imide groups is 1. The molecule has 0 bridgehead atoms. The van der Waals surface area contributed by atoms with Crippen LogP contribution in [0.15, 0.2) is 28.0 Å². The molecule has 0 aliphatic carbocycles. The van der Waals surface area contributed by atoms with E-state index in [1.165, 1.54) is 44.0 Å². The lowest BCUT2D eigenvalue weighted by atomic mass is 10.2. The average Bonchev–Trinajstić information content (AvgIpc) is 3.14. The zero-order chi connectivity index (χ0) is 22.3. The Kier molecular flexibility index (Phi) is 5.25. The number of anilines is 1. The van der Waals surface area contributed by atoms with Gasteiger partial charge in [0.2, 0.25) is 5.91 Å². The molecule has 3 aromatic rings. The highest BCUT2D eigenvalue weighted by Crippen LogP contribution is 2.20. The topological polar surface area (TPSA) is 111 Å². The molecular formula is C18H18F2N6O4. The molecule has 1 aromatic carbocycles. The largest absolute Gasteiger partial charge is 0.332 e. The van der Waals surface area contributed by atoms with E-state index in [1.54, 1.807) is 0 Å². The second-order valence-corrected chi connectivity index (χ2v) is 6.69. The molecule has 3 rings (SSSR count). The number of hydrogen-bond donors (Lipinski definition) is 1. The van der Waals surface area contributed by atoms with Crippen molar-refractivity contribution < 1.29 is 18.4 Å².